The van der Waals surface area contributed by atoms with Gasteiger partial charge in [0.05, 0.1) is 29.7 Å². The molecule has 2 heterocycles. The van der Waals surface area contributed by atoms with Crippen molar-refractivity contribution in [1.29, 1.82) is 0 Å². The van der Waals surface area contributed by atoms with Crippen molar-refractivity contribution in [3.8, 4) is 0 Å². The topological polar surface area (TPSA) is 107 Å². The van der Waals surface area contributed by atoms with Crippen molar-refractivity contribution in [1.82, 2.24) is 20.6 Å². The number of imidazole rings is 1. The summed E-state index contributed by atoms with van der Waals surface area (Å²) in [6.45, 7) is 2.79. The number of hydrogen-bond donors (Lipinski definition) is 4. The van der Waals surface area contributed by atoms with Gasteiger partial charge in [0.1, 0.15) is 0 Å². The molecule has 2 rings (SSSR count). The van der Waals surface area contributed by atoms with E-state index in [0.29, 0.717) is 32.4 Å². The highest BCUT2D eigenvalue weighted by molar-refractivity contribution is 5.82. The molecule has 0 bridgehead atoms. The molecule has 7 heteroatoms. The van der Waals surface area contributed by atoms with E-state index in [0.717, 1.165) is 11.4 Å². The van der Waals surface area contributed by atoms with Gasteiger partial charge in [-0.1, -0.05) is 6.92 Å². The van der Waals surface area contributed by atoms with Crippen LogP contribution in [0.3, 0.4) is 0 Å². The minimum Gasteiger partial charge on any atom is -0.481 e. The third kappa shape index (κ3) is 3.57. The van der Waals surface area contributed by atoms with Gasteiger partial charge in [-0.3, -0.25) is 14.9 Å². The first-order chi connectivity index (χ1) is 9.58. The maximum atomic E-state index is 12.0. The van der Waals surface area contributed by atoms with Crippen LogP contribution in [0.2, 0.25) is 0 Å². The van der Waals surface area contributed by atoms with Gasteiger partial charge in [-0.15, -0.1) is 0 Å². The smallest absolute Gasteiger partial charge is 0.306 e. The molecule has 0 saturated carbocycles. The van der Waals surface area contributed by atoms with E-state index in [-0.39, 0.29) is 17.9 Å². The minimum absolute atomic E-state index is 0.0540. The summed E-state index contributed by atoms with van der Waals surface area (Å²) < 4.78 is 0. The second-order valence-corrected chi connectivity index (χ2v) is 5.14. The monoisotopic (exact) mass is 280 g/mol. The number of aromatic nitrogens is 2. The average Bonchev–Trinajstić information content (AvgIpc) is 2.90. The second-order valence-electron chi connectivity index (χ2n) is 5.14. The summed E-state index contributed by atoms with van der Waals surface area (Å²) in [7, 11) is 0. The number of H-pyrrole nitrogens is 1. The number of fused-ring (bicyclic) bond motifs is 1. The highest BCUT2D eigenvalue weighted by atomic mass is 16.4. The number of amides is 1. The summed E-state index contributed by atoms with van der Waals surface area (Å²) >= 11 is 0. The van der Waals surface area contributed by atoms with E-state index in [9.17, 15) is 9.59 Å². The molecule has 2 unspecified atom stereocenters. The first-order valence-corrected chi connectivity index (χ1v) is 6.83. The van der Waals surface area contributed by atoms with Gasteiger partial charge in [-0.25, -0.2) is 4.98 Å². The number of carbonyl (C=O) groups excluding carboxylic acids is 1. The Hall–Kier alpha value is -1.89. The lowest BCUT2D eigenvalue weighted by molar-refractivity contribution is -0.141. The number of aliphatic carboxylic acids is 1. The quantitative estimate of drug-likeness (QED) is 0.550. The van der Waals surface area contributed by atoms with E-state index in [1.54, 1.807) is 13.3 Å². The van der Waals surface area contributed by atoms with Crippen LogP contribution in [0.5, 0.6) is 0 Å². The summed E-state index contributed by atoms with van der Waals surface area (Å²) in [4.78, 5) is 29.9. The zero-order valence-electron chi connectivity index (χ0n) is 11.5. The number of aromatic amines is 1. The highest BCUT2D eigenvalue weighted by Gasteiger charge is 2.25. The fourth-order valence-corrected chi connectivity index (χ4v) is 2.22. The van der Waals surface area contributed by atoms with Crippen molar-refractivity contribution in [2.75, 3.05) is 6.54 Å². The van der Waals surface area contributed by atoms with E-state index in [1.807, 2.05) is 0 Å². The molecule has 20 heavy (non-hydrogen) atoms. The summed E-state index contributed by atoms with van der Waals surface area (Å²) in [6.07, 6.45) is 3.45. The lowest BCUT2D eigenvalue weighted by Gasteiger charge is -2.22. The standard InChI is InChI=1S/C13H20N4O3/c1-8(13(19)20)3-2-4-14-12(18)10-5-9-11(6-15-10)17-7-16-9/h7-8,10,15H,2-6H2,1H3,(H,14,18)(H,16,17)(H,19,20). The molecule has 2 atom stereocenters. The van der Waals surface area contributed by atoms with E-state index >= 15 is 0 Å². The average molecular weight is 280 g/mol. The van der Waals surface area contributed by atoms with Crippen molar-refractivity contribution in [3.63, 3.8) is 0 Å². The van der Waals surface area contributed by atoms with Crippen molar-refractivity contribution < 1.29 is 14.7 Å². The van der Waals surface area contributed by atoms with Crippen LogP contribution in [0, 0.1) is 5.92 Å². The largest absolute Gasteiger partial charge is 0.481 e. The molecule has 0 aromatic carbocycles. The Labute approximate surface area is 117 Å². The Morgan fingerprint density at radius 3 is 3.15 bits per heavy atom. The van der Waals surface area contributed by atoms with E-state index in [2.05, 4.69) is 20.6 Å². The van der Waals surface area contributed by atoms with E-state index < -0.39 is 5.97 Å². The lowest BCUT2D eigenvalue weighted by atomic mass is 10.0. The fourth-order valence-electron chi connectivity index (χ4n) is 2.22. The van der Waals surface area contributed by atoms with Gasteiger partial charge in [0.15, 0.2) is 0 Å². The van der Waals surface area contributed by atoms with E-state index in [1.165, 1.54) is 0 Å². The molecular weight excluding hydrogens is 260 g/mol. The maximum absolute atomic E-state index is 12.0. The predicted molar refractivity (Wildman–Crippen MR) is 72.0 cm³/mol. The highest BCUT2D eigenvalue weighted by Crippen LogP contribution is 2.12. The van der Waals surface area contributed by atoms with Crippen molar-refractivity contribution >= 4 is 11.9 Å². The Morgan fingerprint density at radius 2 is 2.40 bits per heavy atom. The Morgan fingerprint density at radius 1 is 1.60 bits per heavy atom. The van der Waals surface area contributed by atoms with Crippen LogP contribution < -0.4 is 10.6 Å². The molecule has 1 aromatic rings. The second kappa shape index (κ2) is 6.51. The molecule has 0 saturated heterocycles. The third-order valence-electron chi connectivity index (χ3n) is 3.58. The lowest BCUT2D eigenvalue weighted by Crippen LogP contribution is -2.47. The van der Waals surface area contributed by atoms with Crippen LogP contribution >= 0.6 is 0 Å². The Bertz CT molecular complexity index is 486. The SMILES string of the molecule is CC(CCCNC(=O)C1Cc2nc[nH]c2CN1)C(=O)O. The molecule has 1 aliphatic rings. The van der Waals surface area contributed by atoms with Crippen LogP contribution in [0.25, 0.3) is 0 Å². The van der Waals surface area contributed by atoms with Crippen molar-refractivity contribution in [2.24, 2.45) is 5.92 Å². The molecule has 1 aliphatic heterocycles. The number of nitrogens with one attached hydrogen (secondary N) is 3. The van der Waals surface area contributed by atoms with Crippen LogP contribution in [-0.2, 0) is 22.6 Å². The first-order valence-electron chi connectivity index (χ1n) is 6.83. The Kier molecular flexibility index (Phi) is 4.73. The fraction of sp³-hybridized carbons (Fsp3) is 0.615. The van der Waals surface area contributed by atoms with Crippen molar-refractivity contribution in [3.05, 3.63) is 17.7 Å². The summed E-state index contributed by atoms with van der Waals surface area (Å²) in [5.41, 5.74) is 1.97. The third-order valence-corrected chi connectivity index (χ3v) is 3.58. The van der Waals surface area contributed by atoms with Crippen LogP contribution in [0.15, 0.2) is 6.33 Å². The van der Waals surface area contributed by atoms with E-state index in [4.69, 9.17) is 5.11 Å². The number of carboxylic acid groups (broad SMARTS) is 1. The molecule has 4 N–H and O–H groups in total. The number of carboxylic acids is 1. The summed E-state index contributed by atoms with van der Waals surface area (Å²) in [6, 6.07) is -0.261. The molecule has 0 fully saturated rings. The van der Waals surface area contributed by atoms with Crippen LogP contribution in [0.4, 0.5) is 0 Å². The van der Waals surface area contributed by atoms with Crippen LogP contribution in [-0.4, -0.2) is 39.5 Å². The Balaban J connectivity index is 1.70. The summed E-state index contributed by atoms with van der Waals surface area (Å²) in [5, 5.41) is 14.7. The van der Waals surface area contributed by atoms with Crippen LogP contribution in [0.1, 0.15) is 31.2 Å². The zero-order chi connectivity index (χ0) is 14.5. The number of rotatable bonds is 6. The zero-order valence-corrected chi connectivity index (χ0v) is 11.5. The molecule has 110 valence electrons. The van der Waals surface area contributed by atoms with Gasteiger partial charge < -0.3 is 15.4 Å². The number of carbonyl (C=O) groups is 2. The molecule has 0 aliphatic carbocycles. The molecular formula is C13H20N4O3. The van der Waals surface area contributed by atoms with Gasteiger partial charge in [-0.2, -0.15) is 0 Å². The minimum atomic E-state index is -0.795. The number of hydrogen-bond acceptors (Lipinski definition) is 4. The molecule has 1 aromatic heterocycles. The first kappa shape index (κ1) is 14.5. The van der Waals surface area contributed by atoms with Gasteiger partial charge in [0, 0.05) is 19.5 Å². The molecule has 0 spiro atoms. The van der Waals surface area contributed by atoms with Gasteiger partial charge in [-0.05, 0) is 12.8 Å². The van der Waals surface area contributed by atoms with Gasteiger partial charge in [0.25, 0.3) is 0 Å². The normalized spacial score (nSPS) is 19.1. The predicted octanol–water partition coefficient (Wildman–Crippen LogP) is 0.0411. The van der Waals surface area contributed by atoms with Crippen molar-refractivity contribution in [2.45, 2.75) is 38.8 Å². The molecule has 7 nitrogen and oxygen atoms in total. The van der Waals surface area contributed by atoms with Gasteiger partial charge in [0.2, 0.25) is 5.91 Å². The summed E-state index contributed by atoms with van der Waals surface area (Å²) in [5.74, 6) is -1.22. The number of nitrogens with zero attached hydrogens (tertiary/aromatic N) is 1. The molecule has 0 radical (unpaired) electrons. The van der Waals surface area contributed by atoms with Gasteiger partial charge >= 0.3 is 5.97 Å². The molecule has 1 amide bonds. The maximum Gasteiger partial charge on any atom is 0.306 e.